The third-order valence-electron chi connectivity index (χ3n) is 4.31. The van der Waals surface area contributed by atoms with Crippen LogP contribution in [0.3, 0.4) is 0 Å². The van der Waals surface area contributed by atoms with Gasteiger partial charge in [0.05, 0.1) is 106 Å². The van der Waals surface area contributed by atoms with Crippen molar-refractivity contribution in [3.05, 3.63) is 0 Å². The molecule has 46 heavy (non-hydrogen) atoms. The molecule has 0 unspecified atom stereocenters. The summed E-state index contributed by atoms with van der Waals surface area (Å²) >= 11 is 4.93. The van der Waals surface area contributed by atoms with Crippen molar-refractivity contribution in [2.75, 3.05) is 94.0 Å². The van der Waals surface area contributed by atoms with E-state index in [-0.39, 0.29) is 84.8 Å². The average Bonchev–Trinajstić information content (AvgIpc) is 3.05. The summed E-state index contributed by atoms with van der Waals surface area (Å²) in [6, 6.07) is 0. The number of methoxy groups -OCH3 is 3. The van der Waals surface area contributed by atoms with E-state index >= 15 is 0 Å². The molecular weight excluding hydrogens is 644 g/mol. The normalized spacial score (nSPS) is 9.48. The van der Waals surface area contributed by atoms with Gasteiger partial charge < -0.3 is 53.2 Å². The first-order chi connectivity index (χ1) is 22.0. The summed E-state index contributed by atoms with van der Waals surface area (Å²) in [7, 11) is 3.81. The van der Waals surface area contributed by atoms with Crippen LogP contribution in [-0.2, 0) is 66.7 Å². The van der Waals surface area contributed by atoms with Crippen molar-refractivity contribution in [2.45, 2.75) is 51.9 Å². The van der Waals surface area contributed by atoms with Gasteiger partial charge in [0, 0.05) is 13.0 Å². The van der Waals surface area contributed by atoms with Gasteiger partial charge in [0.15, 0.2) is 0 Å². The van der Waals surface area contributed by atoms with E-state index in [4.69, 9.17) is 45.9 Å². The number of esters is 5. The zero-order valence-corrected chi connectivity index (χ0v) is 27.9. The van der Waals surface area contributed by atoms with Crippen LogP contribution in [0.5, 0.6) is 0 Å². The monoisotopic (exact) mass is 694 g/mol. The molecule has 0 radical (unpaired) electrons. The molecule has 0 rings (SSSR count). The van der Waals surface area contributed by atoms with Crippen molar-refractivity contribution in [2.24, 2.45) is 0 Å². The maximum Gasteiger partial charge on any atom is 0.306 e. The third kappa shape index (κ3) is 50.7. The first kappa shape index (κ1) is 49.9. The van der Waals surface area contributed by atoms with E-state index in [2.05, 4.69) is 18.9 Å². The minimum atomic E-state index is -0.514. The lowest BCUT2D eigenvalue weighted by atomic mass is 10.3. The molecule has 0 spiro atoms. The second-order valence-electron chi connectivity index (χ2n) is 8.03. The molecular formula is C28H51ClO17. The predicted octanol–water partition coefficient (Wildman–Crippen LogP) is 0.0937. The lowest BCUT2D eigenvalue weighted by Crippen LogP contribution is -2.13. The highest BCUT2D eigenvalue weighted by Crippen LogP contribution is 1.97. The number of ether oxygens (including phenoxy) is 8. The Labute approximate surface area is 274 Å². The van der Waals surface area contributed by atoms with Gasteiger partial charge in [-0.3, -0.25) is 28.8 Å². The molecule has 0 bridgehead atoms. The molecule has 18 heteroatoms. The van der Waals surface area contributed by atoms with Crippen LogP contribution in [0, 0.1) is 0 Å². The first-order valence-electron chi connectivity index (χ1n) is 14.2. The van der Waals surface area contributed by atoms with Crippen LogP contribution in [0.25, 0.3) is 0 Å². The second kappa shape index (κ2) is 42.1. The van der Waals surface area contributed by atoms with E-state index in [1.165, 1.54) is 21.3 Å². The van der Waals surface area contributed by atoms with Gasteiger partial charge in [-0.25, -0.2) is 0 Å². The Hall–Kier alpha value is -2.93. The Balaban J connectivity index is -0.000000267. The molecule has 0 aromatic heterocycles. The number of carbonyl (C=O) groups excluding carboxylic acids is 6. The zero-order chi connectivity index (χ0) is 35.8. The van der Waals surface area contributed by atoms with E-state index in [0.717, 1.165) is 6.42 Å². The summed E-state index contributed by atoms with van der Waals surface area (Å²) in [5, 5.41) is 24.0. The lowest BCUT2D eigenvalue weighted by molar-refractivity contribution is -0.150. The molecule has 3 N–H and O–H groups in total. The van der Waals surface area contributed by atoms with Crippen LogP contribution >= 0.6 is 11.6 Å². The molecule has 0 aliphatic heterocycles. The fraction of sp³-hybridized carbons (Fsp3) is 0.786. The molecule has 272 valence electrons. The van der Waals surface area contributed by atoms with Gasteiger partial charge in [0.25, 0.3) is 0 Å². The fourth-order valence-electron chi connectivity index (χ4n) is 2.13. The fourth-order valence-corrected chi connectivity index (χ4v) is 2.23. The molecule has 0 fully saturated rings. The van der Waals surface area contributed by atoms with E-state index < -0.39 is 35.1 Å². The van der Waals surface area contributed by atoms with Crippen LogP contribution < -0.4 is 0 Å². The van der Waals surface area contributed by atoms with Crippen LogP contribution in [0.1, 0.15) is 51.9 Å². The van der Waals surface area contributed by atoms with Gasteiger partial charge in [-0.05, 0) is 18.0 Å². The maximum absolute atomic E-state index is 11.0. The van der Waals surface area contributed by atoms with Crippen molar-refractivity contribution in [3.8, 4) is 0 Å². The Morgan fingerprint density at radius 3 is 1.07 bits per heavy atom. The van der Waals surface area contributed by atoms with Gasteiger partial charge in [-0.1, -0.05) is 6.92 Å². The van der Waals surface area contributed by atoms with E-state index in [1.807, 2.05) is 6.92 Å². The van der Waals surface area contributed by atoms with Crippen molar-refractivity contribution in [1.82, 2.24) is 0 Å². The summed E-state index contributed by atoms with van der Waals surface area (Å²) < 4.78 is 37.1. The topological polar surface area (TPSA) is 237 Å². The van der Waals surface area contributed by atoms with E-state index in [0.29, 0.717) is 26.4 Å². The number of hydrogen-bond acceptors (Lipinski definition) is 17. The maximum atomic E-state index is 11.0. The highest BCUT2D eigenvalue weighted by Gasteiger charge is 2.08. The Morgan fingerprint density at radius 2 is 0.761 bits per heavy atom. The molecule has 0 saturated carbocycles. The predicted molar refractivity (Wildman–Crippen MR) is 161 cm³/mol. The number of aliphatic hydroxyl groups excluding tert-OH is 3. The second-order valence-corrected chi connectivity index (χ2v) is 8.45. The SMILES string of the molecule is CCCOCCOC(=O)CCC(=O)OC.COC(=O)CCC(=O)Cl.COC(=O)CCC(=O)OCCOCCO.OCCOCCO. The quantitative estimate of drug-likeness (QED) is 0.0556. The molecule has 0 atom stereocenters. The summed E-state index contributed by atoms with van der Waals surface area (Å²) in [5.41, 5.74) is 0. The molecule has 0 saturated heterocycles. The average molecular weight is 695 g/mol. The smallest absolute Gasteiger partial charge is 0.306 e. The molecule has 0 aromatic rings. The number of halogens is 1. The molecule has 0 aliphatic rings. The van der Waals surface area contributed by atoms with Crippen molar-refractivity contribution >= 4 is 46.7 Å². The van der Waals surface area contributed by atoms with Crippen LogP contribution in [0.4, 0.5) is 0 Å². The van der Waals surface area contributed by atoms with Crippen molar-refractivity contribution < 1.29 is 82.0 Å². The zero-order valence-electron chi connectivity index (χ0n) is 27.2. The van der Waals surface area contributed by atoms with Crippen LogP contribution in [-0.4, -0.2) is 144 Å². The van der Waals surface area contributed by atoms with Crippen molar-refractivity contribution in [1.29, 1.82) is 0 Å². The Morgan fingerprint density at radius 1 is 0.457 bits per heavy atom. The number of carbonyl (C=O) groups is 6. The Bertz CT molecular complexity index is 718. The van der Waals surface area contributed by atoms with Crippen LogP contribution in [0.15, 0.2) is 0 Å². The van der Waals surface area contributed by atoms with Gasteiger partial charge >= 0.3 is 29.8 Å². The van der Waals surface area contributed by atoms with Gasteiger partial charge in [-0.15, -0.1) is 0 Å². The minimum absolute atomic E-state index is 0.00662. The molecule has 17 nitrogen and oxygen atoms in total. The Kier molecular flexibility index (Phi) is 45.7. The summed E-state index contributed by atoms with van der Waals surface area (Å²) in [6.07, 6.45) is 1.20. The number of aliphatic hydroxyl groups is 3. The third-order valence-corrected chi connectivity index (χ3v) is 4.50. The van der Waals surface area contributed by atoms with Crippen molar-refractivity contribution in [3.63, 3.8) is 0 Å². The summed E-state index contributed by atoms with van der Waals surface area (Å²) in [5.74, 6) is -2.13. The number of hydrogen-bond donors (Lipinski definition) is 3. The van der Waals surface area contributed by atoms with E-state index in [1.54, 1.807) is 0 Å². The van der Waals surface area contributed by atoms with Gasteiger partial charge in [0.1, 0.15) is 13.2 Å². The molecule has 0 amide bonds. The van der Waals surface area contributed by atoms with Gasteiger partial charge in [-0.2, -0.15) is 0 Å². The highest BCUT2D eigenvalue weighted by atomic mass is 35.5. The van der Waals surface area contributed by atoms with E-state index in [9.17, 15) is 28.8 Å². The molecule has 0 heterocycles. The standard InChI is InChI=1S/C10H18O5.C9H16O6.C5H7ClO3.C4H10O3/c1-3-6-14-7-8-15-10(12)5-4-9(11)13-2;1-13-8(11)2-3-9(12)15-7-6-14-5-4-10;1-9-5(8)3-2-4(6)7;5-1-3-7-4-2-6/h3-8H2,1-2H3;10H,2-7H2,1H3;2-3H2,1H3;5-6H,1-4H2. The largest absolute Gasteiger partial charge is 0.469 e. The summed E-state index contributed by atoms with van der Waals surface area (Å²) in [6.45, 7) is 4.53. The highest BCUT2D eigenvalue weighted by molar-refractivity contribution is 6.63. The van der Waals surface area contributed by atoms with Gasteiger partial charge in [0.2, 0.25) is 5.24 Å². The minimum Gasteiger partial charge on any atom is -0.469 e. The molecule has 0 aliphatic carbocycles. The summed E-state index contributed by atoms with van der Waals surface area (Å²) in [4.78, 5) is 63.6. The lowest BCUT2D eigenvalue weighted by Gasteiger charge is -2.04. The first-order valence-corrected chi connectivity index (χ1v) is 14.6. The number of rotatable bonds is 23. The molecule has 0 aromatic carbocycles. The van der Waals surface area contributed by atoms with Crippen LogP contribution in [0.2, 0.25) is 0 Å².